The standard InChI is InChI=1S/C32H25N3O4.Na/c33-20-26-9-4-5-10-27(26)21-39-30-19-29(22-7-2-1-3-8-22)34-32(35-30)25-13-12-24-18-28(15-14-23(24)17-25)38-16-6-11-31(36)37;/h1-5,7-10,12-15,17-19H,6,11,16,21H2,(H,36,37);/q;+1/p-1. The molecule has 0 aliphatic carbocycles. The zero-order valence-corrected chi connectivity index (χ0v) is 24.0. The molecule has 7 nitrogen and oxygen atoms in total. The molecule has 0 aliphatic heterocycles. The van der Waals surface area contributed by atoms with Crippen LogP contribution in [-0.2, 0) is 11.4 Å². The molecule has 40 heavy (non-hydrogen) atoms. The average molecular weight is 538 g/mol. The van der Waals surface area contributed by atoms with Crippen LogP contribution in [0.25, 0.3) is 33.4 Å². The molecule has 0 bridgehead atoms. The van der Waals surface area contributed by atoms with E-state index in [4.69, 9.17) is 19.4 Å². The Labute approximate surface area is 254 Å². The van der Waals surface area contributed by atoms with Crippen LogP contribution in [0.1, 0.15) is 24.0 Å². The Bertz CT molecular complexity index is 1670. The number of aromatic nitrogens is 2. The van der Waals surface area contributed by atoms with Crippen molar-refractivity contribution in [3.63, 3.8) is 0 Å². The number of aliphatic carboxylic acids is 1. The molecule has 8 heteroatoms. The second-order valence-electron chi connectivity index (χ2n) is 8.89. The Morgan fingerprint density at radius 1 is 0.825 bits per heavy atom. The maximum atomic E-state index is 10.6. The summed E-state index contributed by atoms with van der Waals surface area (Å²) >= 11 is 0. The van der Waals surface area contributed by atoms with E-state index in [1.165, 1.54) is 0 Å². The quantitative estimate of drug-likeness (QED) is 0.199. The van der Waals surface area contributed by atoms with E-state index in [9.17, 15) is 15.2 Å². The van der Waals surface area contributed by atoms with E-state index < -0.39 is 5.97 Å². The summed E-state index contributed by atoms with van der Waals surface area (Å²) in [6.45, 7) is 0.511. The summed E-state index contributed by atoms with van der Waals surface area (Å²) in [6, 6.07) is 32.8. The Hall–Kier alpha value is -4.22. The van der Waals surface area contributed by atoms with Crippen molar-refractivity contribution in [2.45, 2.75) is 19.4 Å². The van der Waals surface area contributed by atoms with Gasteiger partial charge in [0, 0.05) is 28.7 Å². The van der Waals surface area contributed by atoms with Gasteiger partial charge in [0.15, 0.2) is 5.82 Å². The Balaban J connectivity index is 0.00000370. The Morgan fingerprint density at radius 3 is 2.38 bits per heavy atom. The smallest absolute Gasteiger partial charge is 0.550 e. The summed E-state index contributed by atoms with van der Waals surface area (Å²) in [5, 5.41) is 22.0. The van der Waals surface area contributed by atoms with Crippen molar-refractivity contribution in [1.29, 1.82) is 5.26 Å². The number of hydrogen-bond donors (Lipinski definition) is 0. The van der Waals surface area contributed by atoms with Crippen LogP contribution in [0.3, 0.4) is 0 Å². The Kier molecular flexibility index (Phi) is 9.87. The average Bonchev–Trinajstić information content (AvgIpc) is 2.98. The molecule has 1 aromatic heterocycles. The second-order valence-corrected chi connectivity index (χ2v) is 8.89. The summed E-state index contributed by atoms with van der Waals surface area (Å²) in [4.78, 5) is 20.1. The third-order valence-corrected chi connectivity index (χ3v) is 6.15. The molecule has 0 fully saturated rings. The minimum atomic E-state index is -1.08. The minimum Gasteiger partial charge on any atom is -0.550 e. The molecule has 0 unspecified atom stereocenters. The zero-order valence-electron chi connectivity index (χ0n) is 22.0. The molecule has 0 atom stereocenters. The topological polar surface area (TPSA) is 108 Å². The van der Waals surface area contributed by atoms with Crippen molar-refractivity contribution in [1.82, 2.24) is 9.97 Å². The molecule has 4 aromatic carbocycles. The number of carbonyl (C=O) groups is 1. The fourth-order valence-electron chi connectivity index (χ4n) is 4.15. The number of rotatable bonds is 10. The summed E-state index contributed by atoms with van der Waals surface area (Å²) in [6.07, 6.45) is 0.358. The van der Waals surface area contributed by atoms with E-state index in [-0.39, 0.29) is 42.6 Å². The van der Waals surface area contributed by atoms with E-state index in [0.29, 0.717) is 36.0 Å². The predicted octanol–water partition coefficient (Wildman–Crippen LogP) is 2.33. The summed E-state index contributed by atoms with van der Waals surface area (Å²) in [7, 11) is 0. The summed E-state index contributed by atoms with van der Waals surface area (Å²) < 4.78 is 11.8. The van der Waals surface area contributed by atoms with Crippen LogP contribution in [0.15, 0.2) is 97.1 Å². The maximum Gasteiger partial charge on any atom is 1.00 e. The molecule has 0 N–H and O–H groups in total. The van der Waals surface area contributed by atoms with Gasteiger partial charge in [-0.15, -0.1) is 0 Å². The van der Waals surface area contributed by atoms with E-state index in [1.54, 1.807) is 12.1 Å². The van der Waals surface area contributed by atoms with Gasteiger partial charge in [0.1, 0.15) is 12.4 Å². The van der Waals surface area contributed by atoms with Crippen molar-refractivity contribution < 1.29 is 48.9 Å². The Morgan fingerprint density at radius 2 is 1.57 bits per heavy atom. The number of benzene rings is 4. The van der Waals surface area contributed by atoms with Crippen LogP contribution in [0, 0.1) is 11.3 Å². The number of nitriles is 1. The maximum absolute atomic E-state index is 10.6. The summed E-state index contributed by atoms with van der Waals surface area (Å²) in [5.41, 5.74) is 3.83. The molecule has 5 aromatic rings. The van der Waals surface area contributed by atoms with Crippen molar-refractivity contribution in [3.05, 3.63) is 108 Å². The molecule has 0 spiro atoms. The molecule has 0 radical (unpaired) electrons. The molecule has 0 aliphatic rings. The fraction of sp³-hybridized carbons (Fsp3) is 0.125. The molecule has 1 heterocycles. The van der Waals surface area contributed by atoms with Gasteiger partial charge < -0.3 is 19.4 Å². The third-order valence-electron chi connectivity index (χ3n) is 6.15. The number of hydrogen-bond acceptors (Lipinski definition) is 7. The minimum absolute atomic E-state index is 0. The first-order chi connectivity index (χ1) is 19.1. The molecular formula is C32H24N3NaO4. The van der Waals surface area contributed by atoms with Gasteiger partial charge in [0.2, 0.25) is 5.88 Å². The third kappa shape index (κ3) is 7.25. The first kappa shape index (κ1) is 28.8. The van der Waals surface area contributed by atoms with Crippen LogP contribution in [0.2, 0.25) is 0 Å². The van der Waals surface area contributed by atoms with Gasteiger partial charge in [-0.25, -0.2) is 4.98 Å². The SMILES string of the molecule is N#Cc1ccccc1COc1cc(-c2ccccc2)nc(-c2ccc3cc(OCCCC(=O)[O-])ccc3c2)n1.[Na+]. The first-order valence-corrected chi connectivity index (χ1v) is 12.5. The van der Waals surface area contributed by atoms with E-state index in [0.717, 1.165) is 33.2 Å². The van der Waals surface area contributed by atoms with Crippen LogP contribution in [-0.4, -0.2) is 22.5 Å². The van der Waals surface area contributed by atoms with Crippen LogP contribution < -0.4 is 44.1 Å². The number of nitrogens with zero attached hydrogens (tertiary/aromatic N) is 3. The number of fused-ring (bicyclic) bond motifs is 1. The molecular weight excluding hydrogens is 513 g/mol. The number of carboxylic acids is 1. The molecule has 5 rings (SSSR count). The molecule has 192 valence electrons. The van der Waals surface area contributed by atoms with E-state index in [1.807, 2.05) is 84.9 Å². The van der Waals surface area contributed by atoms with Gasteiger partial charge >= 0.3 is 29.6 Å². The predicted molar refractivity (Wildman–Crippen MR) is 146 cm³/mol. The van der Waals surface area contributed by atoms with Crippen molar-refractivity contribution >= 4 is 16.7 Å². The van der Waals surface area contributed by atoms with Gasteiger partial charge in [-0.05, 0) is 47.9 Å². The largest absolute Gasteiger partial charge is 1.00 e. The molecule has 0 saturated heterocycles. The normalized spacial score (nSPS) is 10.4. The van der Waals surface area contributed by atoms with Gasteiger partial charge in [-0.3, -0.25) is 0 Å². The first-order valence-electron chi connectivity index (χ1n) is 12.5. The van der Waals surface area contributed by atoms with Crippen molar-refractivity contribution in [3.8, 4) is 40.3 Å². The van der Waals surface area contributed by atoms with Crippen LogP contribution in [0.5, 0.6) is 11.6 Å². The molecule has 0 amide bonds. The van der Waals surface area contributed by atoms with Crippen LogP contribution in [0.4, 0.5) is 0 Å². The van der Waals surface area contributed by atoms with Gasteiger partial charge in [-0.2, -0.15) is 10.2 Å². The summed E-state index contributed by atoms with van der Waals surface area (Å²) in [5.74, 6) is 0.518. The van der Waals surface area contributed by atoms with Gasteiger partial charge in [0.05, 0.1) is 23.9 Å². The van der Waals surface area contributed by atoms with E-state index >= 15 is 0 Å². The second kappa shape index (κ2) is 13.7. The monoisotopic (exact) mass is 537 g/mol. The van der Waals surface area contributed by atoms with E-state index in [2.05, 4.69) is 6.07 Å². The number of ether oxygens (including phenoxy) is 2. The van der Waals surface area contributed by atoms with Crippen molar-refractivity contribution in [2.24, 2.45) is 0 Å². The van der Waals surface area contributed by atoms with Crippen molar-refractivity contribution in [2.75, 3.05) is 6.61 Å². The van der Waals surface area contributed by atoms with Gasteiger partial charge in [-0.1, -0.05) is 66.7 Å². The van der Waals surface area contributed by atoms with Gasteiger partial charge in [0.25, 0.3) is 0 Å². The van der Waals surface area contributed by atoms with Crippen LogP contribution >= 0.6 is 0 Å². The molecule has 0 saturated carbocycles. The fourth-order valence-corrected chi connectivity index (χ4v) is 4.15. The number of carbonyl (C=O) groups excluding carboxylic acids is 1. The zero-order chi connectivity index (χ0) is 27.0. The number of carboxylic acid groups (broad SMARTS) is 1.